The average Bonchev–Trinajstić information content (AvgIpc) is 3.26. The van der Waals surface area contributed by atoms with Crippen LogP contribution in [0.4, 0.5) is 0 Å². The van der Waals surface area contributed by atoms with Crippen molar-refractivity contribution in [1.29, 1.82) is 0 Å². The van der Waals surface area contributed by atoms with Crippen LogP contribution in [0.1, 0.15) is 21.7 Å². The van der Waals surface area contributed by atoms with Gasteiger partial charge in [-0.2, -0.15) is 4.68 Å². The van der Waals surface area contributed by atoms with Crippen molar-refractivity contribution >= 4 is 17.7 Å². The van der Waals surface area contributed by atoms with Crippen LogP contribution in [0, 0.1) is 0 Å². The van der Waals surface area contributed by atoms with E-state index in [0.717, 1.165) is 16.1 Å². The maximum atomic E-state index is 12.6. The largest absolute Gasteiger partial charge is 0.457 e. The minimum Gasteiger partial charge on any atom is -0.457 e. The van der Waals surface area contributed by atoms with Gasteiger partial charge in [0.05, 0.1) is 17.0 Å². The minimum atomic E-state index is -0.348. The van der Waals surface area contributed by atoms with Crippen LogP contribution in [-0.2, 0) is 17.1 Å². The number of esters is 1. The van der Waals surface area contributed by atoms with Crippen LogP contribution >= 0.6 is 11.8 Å². The molecule has 0 bridgehead atoms. The Hall–Kier alpha value is -3.45. The van der Waals surface area contributed by atoms with E-state index in [2.05, 4.69) is 15.5 Å². The fourth-order valence-corrected chi connectivity index (χ4v) is 3.72. The van der Waals surface area contributed by atoms with Crippen molar-refractivity contribution in [2.24, 2.45) is 0 Å². The Morgan fingerprint density at radius 1 is 0.897 bits per heavy atom. The second kappa shape index (κ2) is 9.16. The molecule has 144 valence electrons. The third kappa shape index (κ3) is 4.70. The standard InChI is InChI=1S/C22H18N4O2S/c27-22(28-15-17-9-3-1-4-10-17)19-13-7-8-14-20(19)29-16-21-23-24-25-26(21)18-11-5-2-6-12-18/h1-14H,15-16H2. The molecule has 0 saturated carbocycles. The normalized spacial score (nSPS) is 10.6. The first-order valence-corrected chi connectivity index (χ1v) is 10.1. The molecule has 0 aliphatic carbocycles. The molecule has 0 amide bonds. The van der Waals surface area contributed by atoms with Gasteiger partial charge in [0.1, 0.15) is 6.61 Å². The third-order valence-electron chi connectivity index (χ3n) is 4.21. The van der Waals surface area contributed by atoms with Gasteiger partial charge in [-0.3, -0.25) is 0 Å². The van der Waals surface area contributed by atoms with E-state index in [-0.39, 0.29) is 12.6 Å². The zero-order valence-corrected chi connectivity index (χ0v) is 16.3. The Morgan fingerprint density at radius 3 is 2.38 bits per heavy atom. The molecule has 0 N–H and O–H groups in total. The van der Waals surface area contributed by atoms with Gasteiger partial charge in [-0.25, -0.2) is 4.79 Å². The van der Waals surface area contributed by atoms with Crippen molar-refractivity contribution < 1.29 is 9.53 Å². The van der Waals surface area contributed by atoms with Crippen molar-refractivity contribution in [1.82, 2.24) is 20.2 Å². The number of ether oxygens (including phenoxy) is 1. The van der Waals surface area contributed by atoms with Gasteiger partial charge >= 0.3 is 5.97 Å². The molecule has 6 nitrogen and oxygen atoms in total. The summed E-state index contributed by atoms with van der Waals surface area (Å²) in [5.41, 5.74) is 2.38. The summed E-state index contributed by atoms with van der Waals surface area (Å²) in [5.74, 6) is 0.874. The molecule has 0 saturated heterocycles. The molecule has 7 heteroatoms. The van der Waals surface area contributed by atoms with Crippen LogP contribution in [0.25, 0.3) is 5.69 Å². The van der Waals surface area contributed by atoms with Gasteiger partial charge in [0, 0.05) is 4.90 Å². The van der Waals surface area contributed by atoms with Gasteiger partial charge in [-0.15, -0.1) is 16.9 Å². The Balaban J connectivity index is 1.46. The van der Waals surface area contributed by atoms with Gasteiger partial charge in [0.2, 0.25) is 0 Å². The quantitative estimate of drug-likeness (QED) is 0.339. The van der Waals surface area contributed by atoms with Crippen molar-refractivity contribution in [2.75, 3.05) is 0 Å². The molecule has 4 aromatic rings. The zero-order valence-electron chi connectivity index (χ0n) is 15.5. The molecule has 0 fully saturated rings. The Labute approximate surface area is 172 Å². The Bertz CT molecular complexity index is 1080. The fourth-order valence-electron chi connectivity index (χ4n) is 2.77. The summed E-state index contributed by atoms with van der Waals surface area (Å²) in [6.45, 7) is 0.241. The van der Waals surface area contributed by atoms with Gasteiger partial charge in [0.15, 0.2) is 5.82 Å². The summed E-state index contributed by atoms with van der Waals surface area (Å²) in [6.07, 6.45) is 0. The van der Waals surface area contributed by atoms with E-state index in [9.17, 15) is 4.79 Å². The number of para-hydroxylation sites is 1. The number of carbonyl (C=O) groups is 1. The van der Waals surface area contributed by atoms with E-state index in [1.165, 1.54) is 11.8 Å². The van der Waals surface area contributed by atoms with Crippen molar-refractivity contribution in [3.8, 4) is 5.69 Å². The number of aromatic nitrogens is 4. The van der Waals surface area contributed by atoms with Crippen LogP contribution in [0.15, 0.2) is 89.8 Å². The van der Waals surface area contributed by atoms with Crippen LogP contribution in [-0.4, -0.2) is 26.2 Å². The topological polar surface area (TPSA) is 69.9 Å². The van der Waals surface area contributed by atoms with Crippen LogP contribution in [0.3, 0.4) is 0 Å². The summed E-state index contributed by atoms with van der Waals surface area (Å²) in [5, 5.41) is 12.0. The van der Waals surface area contributed by atoms with Gasteiger partial charge < -0.3 is 4.74 Å². The third-order valence-corrected chi connectivity index (χ3v) is 5.28. The van der Waals surface area contributed by atoms with Crippen molar-refractivity contribution in [3.05, 3.63) is 102 Å². The first kappa shape index (κ1) is 18.9. The van der Waals surface area contributed by atoms with Gasteiger partial charge in [-0.05, 0) is 40.3 Å². The molecule has 0 atom stereocenters. The lowest BCUT2D eigenvalue weighted by Crippen LogP contribution is -2.07. The fraction of sp³-hybridized carbons (Fsp3) is 0.0909. The Morgan fingerprint density at radius 2 is 1.59 bits per heavy atom. The predicted octanol–water partition coefficient (Wildman–Crippen LogP) is 4.31. The number of thioether (sulfide) groups is 1. The molecule has 0 aliphatic rings. The van der Waals surface area contributed by atoms with Crippen LogP contribution < -0.4 is 0 Å². The van der Waals surface area contributed by atoms with Gasteiger partial charge in [-0.1, -0.05) is 60.7 Å². The highest BCUT2D eigenvalue weighted by Gasteiger charge is 2.15. The number of rotatable bonds is 7. The maximum absolute atomic E-state index is 12.6. The summed E-state index contributed by atoms with van der Waals surface area (Å²) in [4.78, 5) is 13.4. The molecule has 1 aromatic heterocycles. The first-order chi connectivity index (χ1) is 14.3. The average molecular weight is 402 g/mol. The molecule has 4 rings (SSSR count). The zero-order chi connectivity index (χ0) is 19.9. The molecule has 29 heavy (non-hydrogen) atoms. The summed E-state index contributed by atoms with van der Waals surface area (Å²) < 4.78 is 7.18. The van der Waals surface area contributed by atoms with Crippen LogP contribution in [0.5, 0.6) is 0 Å². The van der Waals surface area contributed by atoms with E-state index in [1.54, 1.807) is 10.7 Å². The summed E-state index contributed by atoms with van der Waals surface area (Å²) in [7, 11) is 0. The van der Waals surface area contributed by atoms with E-state index in [4.69, 9.17) is 4.74 Å². The number of hydrogen-bond acceptors (Lipinski definition) is 6. The molecule has 0 spiro atoms. The van der Waals surface area contributed by atoms with Crippen molar-refractivity contribution in [3.63, 3.8) is 0 Å². The summed E-state index contributed by atoms with van der Waals surface area (Å²) >= 11 is 1.50. The van der Waals surface area contributed by atoms with Crippen molar-refractivity contribution in [2.45, 2.75) is 17.3 Å². The number of hydrogen-bond donors (Lipinski definition) is 0. The second-order valence-electron chi connectivity index (χ2n) is 6.19. The molecule has 1 heterocycles. The molecule has 0 radical (unpaired) electrons. The lowest BCUT2D eigenvalue weighted by Gasteiger charge is -2.10. The predicted molar refractivity (Wildman–Crippen MR) is 111 cm³/mol. The SMILES string of the molecule is O=C(OCc1ccccc1)c1ccccc1SCc1nnnn1-c1ccccc1. The maximum Gasteiger partial charge on any atom is 0.339 e. The highest BCUT2D eigenvalue weighted by molar-refractivity contribution is 7.98. The monoisotopic (exact) mass is 402 g/mol. The van der Waals surface area contributed by atoms with E-state index in [1.807, 2.05) is 78.9 Å². The number of carbonyl (C=O) groups excluding carboxylic acids is 1. The number of tetrazole rings is 1. The molecule has 0 unspecified atom stereocenters. The lowest BCUT2D eigenvalue weighted by atomic mass is 10.2. The highest BCUT2D eigenvalue weighted by Crippen LogP contribution is 2.27. The van der Waals surface area contributed by atoms with Gasteiger partial charge in [0.25, 0.3) is 0 Å². The summed E-state index contributed by atoms with van der Waals surface area (Å²) in [6, 6.07) is 26.7. The number of benzene rings is 3. The van der Waals surface area contributed by atoms with E-state index >= 15 is 0 Å². The second-order valence-corrected chi connectivity index (χ2v) is 7.21. The number of nitrogens with zero attached hydrogens (tertiary/aromatic N) is 4. The highest BCUT2D eigenvalue weighted by atomic mass is 32.2. The van der Waals surface area contributed by atoms with E-state index < -0.39 is 0 Å². The van der Waals surface area contributed by atoms with Crippen LogP contribution in [0.2, 0.25) is 0 Å². The molecule has 0 aliphatic heterocycles. The molecular weight excluding hydrogens is 384 g/mol. The molecule has 3 aromatic carbocycles. The minimum absolute atomic E-state index is 0.241. The first-order valence-electron chi connectivity index (χ1n) is 9.07. The smallest absolute Gasteiger partial charge is 0.339 e. The van der Waals surface area contributed by atoms with E-state index in [0.29, 0.717) is 17.1 Å². The Kier molecular flexibility index (Phi) is 5.97. The molecular formula is C22H18N4O2S. The lowest BCUT2D eigenvalue weighted by molar-refractivity contribution is 0.0468.